The molecule has 1 fully saturated rings. The van der Waals surface area contributed by atoms with Crippen molar-refractivity contribution < 1.29 is 4.52 Å². The maximum Gasteiger partial charge on any atom is 0.140 e. The molecule has 0 radical (unpaired) electrons. The van der Waals surface area contributed by atoms with Gasteiger partial charge in [-0.1, -0.05) is 35.5 Å². The first-order chi connectivity index (χ1) is 8.81. The molecular formula is C15H18N2O. The van der Waals surface area contributed by atoms with E-state index in [-0.39, 0.29) is 0 Å². The third-order valence-corrected chi connectivity index (χ3v) is 3.28. The molecule has 3 nitrogen and oxygen atoms in total. The zero-order valence-electron chi connectivity index (χ0n) is 10.7. The number of hydrogen-bond donors (Lipinski definition) is 0. The number of nitrogens with zero attached hydrogens (tertiary/aromatic N) is 2. The molecule has 0 aliphatic heterocycles. The van der Waals surface area contributed by atoms with E-state index in [9.17, 15) is 0 Å². The Labute approximate surface area is 107 Å². The van der Waals surface area contributed by atoms with Crippen molar-refractivity contribution in [3.05, 3.63) is 53.4 Å². The van der Waals surface area contributed by atoms with Crippen LogP contribution in [0.1, 0.15) is 35.8 Å². The quantitative estimate of drug-likeness (QED) is 0.806. The fourth-order valence-electron chi connectivity index (χ4n) is 2.19. The van der Waals surface area contributed by atoms with E-state index < -0.39 is 0 Å². The minimum absolute atomic E-state index is 0.644. The highest BCUT2D eigenvalue weighted by atomic mass is 16.5. The van der Waals surface area contributed by atoms with Gasteiger partial charge in [-0.2, -0.15) is 0 Å². The van der Waals surface area contributed by atoms with E-state index in [4.69, 9.17) is 4.52 Å². The van der Waals surface area contributed by atoms with Crippen molar-refractivity contribution in [2.24, 2.45) is 0 Å². The summed E-state index contributed by atoms with van der Waals surface area (Å²) in [6.07, 6.45) is 2.52. The molecule has 1 saturated carbocycles. The molecule has 0 amide bonds. The van der Waals surface area contributed by atoms with Crippen LogP contribution >= 0.6 is 0 Å². The van der Waals surface area contributed by atoms with E-state index in [1.165, 1.54) is 18.4 Å². The third kappa shape index (κ3) is 2.79. The molecule has 1 aromatic carbocycles. The van der Waals surface area contributed by atoms with Crippen LogP contribution in [-0.4, -0.2) is 17.1 Å². The van der Waals surface area contributed by atoms with E-state index in [2.05, 4.69) is 47.4 Å². The van der Waals surface area contributed by atoms with E-state index in [0.717, 1.165) is 24.5 Å². The van der Waals surface area contributed by atoms with Crippen LogP contribution < -0.4 is 0 Å². The third-order valence-electron chi connectivity index (χ3n) is 3.28. The van der Waals surface area contributed by atoms with Crippen LogP contribution in [0.5, 0.6) is 0 Å². The summed E-state index contributed by atoms with van der Waals surface area (Å²) in [4.78, 5) is 2.25. The molecule has 1 heterocycles. The predicted molar refractivity (Wildman–Crippen MR) is 70.1 cm³/mol. The van der Waals surface area contributed by atoms with Crippen LogP contribution in [0.2, 0.25) is 0 Å². The summed E-state index contributed by atoms with van der Waals surface area (Å²) in [6, 6.07) is 12.6. The van der Waals surface area contributed by atoms with Gasteiger partial charge in [-0.25, -0.2) is 0 Å². The van der Waals surface area contributed by atoms with E-state index in [1.54, 1.807) is 0 Å². The largest absolute Gasteiger partial charge is 0.361 e. The molecule has 1 aliphatic carbocycles. The minimum atomic E-state index is 0.644. The van der Waals surface area contributed by atoms with Crippen molar-refractivity contribution >= 4 is 0 Å². The first kappa shape index (κ1) is 11.5. The Bertz CT molecular complexity index is 502. The van der Waals surface area contributed by atoms with Crippen molar-refractivity contribution in [3.63, 3.8) is 0 Å². The van der Waals surface area contributed by atoms with Crippen molar-refractivity contribution in [2.45, 2.75) is 31.8 Å². The van der Waals surface area contributed by atoms with Gasteiger partial charge in [-0.3, -0.25) is 4.90 Å². The van der Waals surface area contributed by atoms with Crippen LogP contribution in [0.3, 0.4) is 0 Å². The second kappa shape index (κ2) is 4.94. The Morgan fingerprint density at radius 2 is 2.00 bits per heavy atom. The molecule has 1 aromatic heterocycles. The monoisotopic (exact) mass is 242 g/mol. The summed E-state index contributed by atoms with van der Waals surface area (Å²) in [5, 5.41) is 4.14. The molecule has 0 saturated heterocycles. The average molecular weight is 242 g/mol. The van der Waals surface area contributed by atoms with Gasteiger partial charge in [0.2, 0.25) is 0 Å². The molecule has 18 heavy (non-hydrogen) atoms. The Morgan fingerprint density at radius 3 is 2.72 bits per heavy atom. The molecule has 3 rings (SSSR count). The van der Waals surface area contributed by atoms with Gasteiger partial charge in [-0.05, 0) is 25.5 Å². The van der Waals surface area contributed by atoms with Gasteiger partial charge in [-0.15, -0.1) is 0 Å². The van der Waals surface area contributed by atoms with Crippen LogP contribution in [0.25, 0.3) is 0 Å². The highest BCUT2D eigenvalue weighted by Gasteiger charge is 2.27. The van der Waals surface area contributed by atoms with Crippen molar-refractivity contribution in [1.29, 1.82) is 0 Å². The summed E-state index contributed by atoms with van der Waals surface area (Å²) in [6.45, 7) is 1.78. The zero-order valence-corrected chi connectivity index (χ0v) is 10.7. The lowest BCUT2D eigenvalue weighted by Crippen LogP contribution is -2.17. The maximum absolute atomic E-state index is 5.36. The van der Waals surface area contributed by atoms with Gasteiger partial charge < -0.3 is 4.52 Å². The molecular weight excluding hydrogens is 224 g/mol. The Balaban J connectivity index is 1.58. The molecule has 94 valence electrons. The molecule has 0 bridgehead atoms. The average Bonchev–Trinajstić information content (AvgIpc) is 3.12. The second-order valence-corrected chi connectivity index (χ2v) is 5.15. The minimum Gasteiger partial charge on any atom is -0.361 e. The fraction of sp³-hybridized carbons (Fsp3) is 0.400. The molecule has 3 heteroatoms. The van der Waals surface area contributed by atoms with E-state index >= 15 is 0 Å². The molecule has 0 spiro atoms. The van der Waals surface area contributed by atoms with Gasteiger partial charge >= 0.3 is 0 Å². The first-order valence-corrected chi connectivity index (χ1v) is 6.49. The highest BCUT2D eigenvalue weighted by molar-refractivity contribution is 5.16. The smallest absolute Gasteiger partial charge is 0.140 e. The van der Waals surface area contributed by atoms with Crippen LogP contribution in [-0.2, 0) is 13.1 Å². The lowest BCUT2D eigenvalue weighted by atomic mass is 10.2. The molecule has 1 aliphatic rings. The number of rotatable bonds is 5. The van der Waals surface area contributed by atoms with Gasteiger partial charge in [0.15, 0.2) is 0 Å². The molecule has 0 N–H and O–H groups in total. The van der Waals surface area contributed by atoms with E-state index in [0.29, 0.717) is 5.92 Å². The number of hydrogen-bond acceptors (Lipinski definition) is 3. The first-order valence-electron chi connectivity index (χ1n) is 6.49. The Kier molecular flexibility index (Phi) is 3.15. The summed E-state index contributed by atoms with van der Waals surface area (Å²) in [5.41, 5.74) is 2.36. The topological polar surface area (TPSA) is 29.3 Å². The second-order valence-electron chi connectivity index (χ2n) is 5.15. The van der Waals surface area contributed by atoms with Gasteiger partial charge in [0, 0.05) is 25.1 Å². The van der Waals surface area contributed by atoms with Crippen LogP contribution in [0.4, 0.5) is 0 Å². The highest BCUT2D eigenvalue weighted by Crippen LogP contribution is 2.40. The van der Waals surface area contributed by atoms with Gasteiger partial charge in [0.1, 0.15) is 5.76 Å². The molecule has 2 aromatic rings. The van der Waals surface area contributed by atoms with Crippen molar-refractivity contribution in [2.75, 3.05) is 7.05 Å². The summed E-state index contributed by atoms with van der Waals surface area (Å²) < 4.78 is 5.36. The fourth-order valence-corrected chi connectivity index (χ4v) is 2.19. The Morgan fingerprint density at radius 1 is 1.22 bits per heavy atom. The van der Waals surface area contributed by atoms with Crippen molar-refractivity contribution in [3.8, 4) is 0 Å². The lowest BCUT2D eigenvalue weighted by molar-refractivity contribution is 0.301. The maximum atomic E-state index is 5.36. The van der Waals surface area contributed by atoms with E-state index in [1.807, 2.05) is 6.07 Å². The lowest BCUT2D eigenvalue weighted by Gasteiger charge is -2.14. The van der Waals surface area contributed by atoms with Crippen LogP contribution in [0.15, 0.2) is 40.9 Å². The van der Waals surface area contributed by atoms with Crippen molar-refractivity contribution in [1.82, 2.24) is 10.1 Å². The van der Waals surface area contributed by atoms with Crippen LogP contribution in [0, 0.1) is 0 Å². The van der Waals surface area contributed by atoms with Gasteiger partial charge in [0.05, 0.1) is 5.69 Å². The summed E-state index contributed by atoms with van der Waals surface area (Å²) in [5.74, 6) is 1.71. The van der Waals surface area contributed by atoms with Gasteiger partial charge in [0.25, 0.3) is 0 Å². The molecule has 0 unspecified atom stereocenters. The summed E-state index contributed by atoms with van der Waals surface area (Å²) in [7, 11) is 2.11. The normalized spacial score (nSPS) is 15.2. The standard InChI is InChI=1S/C15H18N2O/c1-17(10-12-5-3-2-4-6-12)11-14-9-15(18-16-14)13-7-8-13/h2-6,9,13H,7-8,10-11H2,1H3. The number of benzene rings is 1. The molecule has 0 atom stereocenters. The SMILES string of the molecule is CN(Cc1ccccc1)Cc1cc(C2CC2)on1. The Hall–Kier alpha value is -1.61. The number of aromatic nitrogens is 1. The zero-order chi connectivity index (χ0) is 12.4. The summed E-state index contributed by atoms with van der Waals surface area (Å²) >= 11 is 0. The predicted octanol–water partition coefficient (Wildman–Crippen LogP) is 3.18.